The van der Waals surface area contributed by atoms with E-state index >= 15 is 0 Å². The number of rotatable bonds is 18. The van der Waals surface area contributed by atoms with Crippen molar-refractivity contribution in [2.75, 3.05) is 19.8 Å². The van der Waals surface area contributed by atoms with Gasteiger partial charge in [0.25, 0.3) is 0 Å². The largest absolute Gasteiger partial charge is 0.394 e. The average molecular weight is 354 g/mol. The molecule has 0 aliphatic rings. The van der Waals surface area contributed by atoms with Crippen molar-refractivity contribution in [2.45, 2.75) is 96.4 Å². The lowest BCUT2D eigenvalue weighted by molar-refractivity contribution is 0.0609. The minimum Gasteiger partial charge on any atom is -0.394 e. The molecule has 148 valence electrons. The van der Waals surface area contributed by atoms with Gasteiger partial charge in [0.2, 0.25) is 0 Å². The summed E-state index contributed by atoms with van der Waals surface area (Å²) >= 11 is 0. The van der Waals surface area contributed by atoms with Crippen LogP contribution in [0.3, 0.4) is 0 Å². The molecule has 0 saturated carbocycles. The SMILES string of the molecule is CCCCC/C=C\C/C=C\CCCCCCCCOCC(C)(N)CO. The molecule has 0 aliphatic heterocycles. The first-order chi connectivity index (χ1) is 12.1. The van der Waals surface area contributed by atoms with Crippen LogP contribution in [0.2, 0.25) is 0 Å². The Labute approximate surface area is 156 Å². The molecule has 0 amide bonds. The number of aliphatic hydroxyl groups excluding tert-OH is 1. The van der Waals surface area contributed by atoms with Crippen molar-refractivity contribution in [3.05, 3.63) is 24.3 Å². The van der Waals surface area contributed by atoms with E-state index in [9.17, 15) is 0 Å². The van der Waals surface area contributed by atoms with Gasteiger partial charge in [0.15, 0.2) is 0 Å². The Morgan fingerprint density at radius 1 is 0.840 bits per heavy atom. The maximum absolute atomic E-state index is 9.02. The van der Waals surface area contributed by atoms with Crippen LogP contribution in [0.5, 0.6) is 0 Å². The molecule has 3 N–H and O–H groups in total. The van der Waals surface area contributed by atoms with Crippen LogP contribution in [-0.4, -0.2) is 30.5 Å². The van der Waals surface area contributed by atoms with E-state index in [-0.39, 0.29) is 6.61 Å². The second-order valence-electron chi connectivity index (χ2n) is 7.45. The number of unbranched alkanes of at least 4 members (excludes halogenated alkanes) is 9. The van der Waals surface area contributed by atoms with Crippen molar-refractivity contribution in [1.29, 1.82) is 0 Å². The smallest absolute Gasteiger partial charge is 0.0665 e. The van der Waals surface area contributed by atoms with E-state index < -0.39 is 5.54 Å². The van der Waals surface area contributed by atoms with Crippen LogP contribution in [0.15, 0.2) is 24.3 Å². The van der Waals surface area contributed by atoms with Crippen LogP contribution in [-0.2, 0) is 4.74 Å². The van der Waals surface area contributed by atoms with Crippen molar-refractivity contribution in [2.24, 2.45) is 5.73 Å². The zero-order valence-corrected chi connectivity index (χ0v) is 16.8. The molecule has 0 aliphatic carbocycles. The average Bonchev–Trinajstić information content (AvgIpc) is 2.60. The third-order valence-electron chi connectivity index (χ3n) is 4.28. The van der Waals surface area contributed by atoms with Gasteiger partial charge in [-0.1, -0.05) is 69.8 Å². The summed E-state index contributed by atoms with van der Waals surface area (Å²) in [5.41, 5.74) is 5.20. The molecule has 3 heteroatoms. The number of aliphatic hydroxyl groups is 1. The zero-order chi connectivity index (χ0) is 18.6. The van der Waals surface area contributed by atoms with Gasteiger partial charge in [-0.2, -0.15) is 0 Å². The fourth-order valence-corrected chi connectivity index (χ4v) is 2.54. The summed E-state index contributed by atoms with van der Waals surface area (Å²) < 4.78 is 5.51. The Morgan fingerprint density at radius 2 is 1.40 bits per heavy atom. The molecule has 1 unspecified atom stereocenters. The van der Waals surface area contributed by atoms with Gasteiger partial charge in [0.1, 0.15) is 0 Å². The minimum absolute atomic E-state index is 0.0311. The maximum atomic E-state index is 9.02. The first-order valence-corrected chi connectivity index (χ1v) is 10.4. The lowest BCUT2D eigenvalue weighted by Crippen LogP contribution is -2.44. The van der Waals surface area contributed by atoms with Crippen LogP contribution in [0, 0.1) is 0 Å². The van der Waals surface area contributed by atoms with Crippen LogP contribution in [0.25, 0.3) is 0 Å². The number of allylic oxidation sites excluding steroid dienone is 4. The van der Waals surface area contributed by atoms with E-state index in [2.05, 4.69) is 31.2 Å². The lowest BCUT2D eigenvalue weighted by atomic mass is 10.1. The van der Waals surface area contributed by atoms with Crippen molar-refractivity contribution < 1.29 is 9.84 Å². The zero-order valence-electron chi connectivity index (χ0n) is 16.8. The Morgan fingerprint density at radius 3 is 2.00 bits per heavy atom. The van der Waals surface area contributed by atoms with Gasteiger partial charge in [0, 0.05) is 6.61 Å². The Bertz CT molecular complexity index is 324. The van der Waals surface area contributed by atoms with Gasteiger partial charge in [-0.15, -0.1) is 0 Å². The predicted molar refractivity (Wildman–Crippen MR) is 110 cm³/mol. The molecule has 0 rings (SSSR count). The number of ether oxygens (including phenoxy) is 1. The summed E-state index contributed by atoms with van der Waals surface area (Å²) in [6, 6.07) is 0. The standard InChI is InChI=1S/C22H43NO2/c1-3-4-5-6-7-8-9-10-11-12-13-14-15-16-17-18-19-25-21-22(2,23)20-24/h7-8,10-11,24H,3-6,9,12-21,23H2,1-2H3/b8-7-,11-10-. The van der Waals surface area contributed by atoms with Crippen molar-refractivity contribution in [3.63, 3.8) is 0 Å². The first kappa shape index (κ1) is 24.4. The normalized spacial score (nSPS) is 14.6. The van der Waals surface area contributed by atoms with E-state index in [1.807, 2.05) is 6.92 Å². The second-order valence-corrected chi connectivity index (χ2v) is 7.45. The summed E-state index contributed by atoms with van der Waals surface area (Å²) in [6.45, 7) is 5.21. The molecule has 3 nitrogen and oxygen atoms in total. The Kier molecular flexibility index (Phi) is 17.7. The molecule has 1 atom stereocenters. The molecule has 0 radical (unpaired) electrons. The van der Waals surface area contributed by atoms with E-state index in [0.717, 1.165) is 19.4 Å². The second kappa shape index (κ2) is 18.2. The first-order valence-electron chi connectivity index (χ1n) is 10.4. The fraction of sp³-hybridized carbons (Fsp3) is 0.818. The third kappa shape index (κ3) is 19.5. The molecule has 0 aromatic rings. The van der Waals surface area contributed by atoms with Gasteiger partial charge in [0.05, 0.1) is 18.8 Å². The van der Waals surface area contributed by atoms with Crippen LogP contribution < -0.4 is 5.73 Å². The predicted octanol–water partition coefficient (Wildman–Crippen LogP) is 5.53. The van der Waals surface area contributed by atoms with Crippen molar-refractivity contribution in [3.8, 4) is 0 Å². The molecule has 0 spiro atoms. The summed E-state index contributed by atoms with van der Waals surface area (Å²) in [6.07, 6.45) is 24.3. The number of hydrogen-bond donors (Lipinski definition) is 2. The molecule has 0 heterocycles. The molecule has 0 aromatic heterocycles. The quantitative estimate of drug-likeness (QED) is 0.252. The Hall–Kier alpha value is -0.640. The van der Waals surface area contributed by atoms with Crippen LogP contribution in [0.4, 0.5) is 0 Å². The molecule has 0 fully saturated rings. The number of hydrogen-bond acceptors (Lipinski definition) is 3. The summed E-state index contributed by atoms with van der Waals surface area (Å²) in [4.78, 5) is 0. The number of nitrogens with two attached hydrogens (primary N) is 1. The van der Waals surface area contributed by atoms with E-state index in [1.165, 1.54) is 64.2 Å². The monoisotopic (exact) mass is 353 g/mol. The van der Waals surface area contributed by atoms with Gasteiger partial charge >= 0.3 is 0 Å². The highest BCUT2D eigenvalue weighted by Crippen LogP contribution is 2.08. The highest BCUT2D eigenvalue weighted by Gasteiger charge is 2.16. The van der Waals surface area contributed by atoms with Gasteiger partial charge < -0.3 is 15.6 Å². The van der Waals surface area contributed by atoms with Crippen LogP contribution >= 0.6 is 0 Å². The highest BCUT2D eigenvalue weighted by molar-refractivity contribution is 4.92. The van der Waals surface area contributed by atoms with Crippen molar-refractivity contribution >= 4 is 0 Å². The van der Waals surface area contributed by atoms with E-state index in [1.54, 1.807) is 0 Å². The fourth-order valence-electron chi connectivity index (χ4n) is 2.54. The van der Waals surface area contributed by atoms with Gasteiger partial charge in [-0.3, -0.25) is 0 Å². The molecule has 0 aromatic carbocycles. The van der Waals surface area contributed by atoms with E-state index in [0.29, 0.717) is 6.61 Å². The van der Waals surface area contributed by atoms with Crippen molar-refractivity contribution in [1.82, 2.24) is 0 Å². The molecular weight excluding hydrogens is 310 g/mol. The Balaban J connectivity index is 3.22. The summed E-state index contributed by atoms with van der Waals surface area (Å²) in [7, 11) is 0. The topological polar surface area (TPSA) is 55.5 Å². The lowest BCUT2D eigenvalue weighted by Gasteiger charge is -2.21. The summed E-state index contributed by atoms with van der Waals surface area (Å²) in [5, 5.41) is 9.02. The molecule has 0 bridgehead atoms. The minimum atomic E-state index is -0.599. The molecule has 25 heavy (non-hydrogen) atoms. The molecular formula is C22H43NO2. The maximum Gasteiger partial charge on any atom is 0.0665 e. The van der Waals surface area contributed by atoms with Crippen LogP contribution in [0.1, 0.15) is 90.9 Å². The summed E-state index contributed by atoms with van der Waals surface area (Å²) in [5.74, 6) is 0. The highest BCUT2D eigenvalue weighted by atomic mass is 16.5. The third-order valence-corrected chi connectivity index (χ3v) is 4.28. The molecule has 0 saturated heterocycles. The van der Waals surface area contributed by atoms with Gasteiger partial charge in [-0.05, 0) is 45.4 Å². The van der Waals surface area contributed by atoms with Gasteiger partial charge in [-0.25, -0.2) is 0 Å². The van der Waals surface area contributed by atoms with E-state index in [4.69, 9.17) is 15.6 Å².